The van der Waals surface area contributed by atoms with Crippen molar-refractivity contribution in [2.75, 3.05) is 13.1 Å². The first-order chi connectivity index (χ1) is 8.58. The minimum absolute atomic E-state index is 0.0230. The molecule has 2 rings (SSSR count). The van der Waals surface area contributed by atoms with Crippen LogP contribution >= 0.6 is 34.2 Å². The Hall–Kier alpha value is -0.330. The molecular formula is C13H16ClIN2O. The van der Waals surface area contributed by atoms with Gasteiger partial charge in [0.25, 0.3) is 5.91 Å². The molecule has 1 amide bonds. The maximum atomic E-state index is 12.1. The van der Waals surface area contributed by atoms with E-state index in [1.165, 1.54) is 0 Å². The first-order valence-electron chi connectivity index (χ1n) is 6.04. The van der Waals surface area contributed by atoms with Crippen molar-refractivity contribution >= 4 is 40.1 Å². The van der Waals surface area contributed by atoms with Gasteiger partial charge in [-0.2, -0.15) is 0 Å². The van der Waals surface area contributed by atoms with Crippen LogP contribution in [0.15, 0.2) is 18.2 Å². The third-order valence-corrected chi connectivity index (χ3v) is 4.87. The number of benzene rings is 1. The number of carbonyl (C=O) groups is 1. The number of carbonyl (C=O) groups excluding carboxylic acids is 1. The molecule has 2 unspecified atom stereocenters. The average Bonchev–Trinajstić information content (AvgIpc) is 2.35. The van der Waals surface area contributed by atoms with E-state index in [-0.39, 0.29) is 11.9 Å². The Morgan fingerprint density at radius 2 is 2.33 bits per heavy atom. The van der Waals surface area contributed by atoms with Crippen molar-refractivity contribution < 1.29 is 4.79 Å². The van der Waals surface area contributed by atoms with Crippen LogP contribution in [0.4, 0.5) is 0 Å². The summed E-state index contributed by atoms with van der Waals surface area (Å²) in [6.07, 6.45) is 1.10. The molecule has 2 N–H and O–H groups in total. The predicted octanol–water partition coefficient (Wildman–Crippen LogP) is 2.67. The van der Waals surface area contributed by atoms with Crippen molar-refractivity contribution in [3.8, 4) is 0 Å². The smallest absolute Gasteiger partial charge is 0.251 e. The molecule has 1 fully saturated rings. The quantitative estimate of drug-likeness (QED) is 0.777. The monoisotopic (exact) mass is 378 g/mol. The summed E-state index contributed by atoms with van der Waals surface area (Å²) in [4.78, 5) is 12.1. The number of halogens is 2. The third kappa shape index (κ3) is 3.36. The predicted molar refractivity (Wildman–Crippen MR) is 82.1 cm³/mol. The topological polar surface area (TPSA) is 41.1 Å². The summed E-state index contributed by atoms with van der Waals surface area (Å²) >= 11 is 8.09. The fraction of sp³-hybridized carbons (Fsp3) is 0.462. The fourth-order valence-corrected chi connectivity index (χ4v) is 2.70. The molecular weight excluding hydrogens is 363 g/mol. The Morgan fingerprint density at radius 3 is 3.00 bits per heavy atom. The van der Waals surface area contributed by atoms with Crippen LogP contribution in [0.25, 0.3) is 0 Å². The molecule has 0 aromatic heterocycles. The van der Waals surface area contributed by atoms with E-state index in [0.29, 0.717) is 16.5 Å². The second kappa shape index (κ2) is 6.21. The second-order valence-corrected chi connectivity index (χ2v) is 6.25. The lowest BCUT2D eigenvalue weighted by Crippen LogP contribution is -2.50. The molecule has 0 saturated carbocycles. The molecule has 1 saturated heterocycles. The van der Waals surface area contributed by atoms with Gasteiger partial charge in [-0.15, -0.1) is 0 Å². The van der Waals surface area contributed by atoms with Gasteiger partial charge in [-0.05, 0) is 59.7 Å². The highest BCUT2D eigenvalue weighted by Crippen LogP contribution is 2.20. The molecule has 0 radical (unpaired) electrons. The molecule has 2 atom stereocenters. The first kappa shape index (κ1) is 14.1. The average molecular weight is 379 g/mol. The Labute approximate surface area is 126 Å². The standard InChI is InChI=1S/C13H16ClIN2O/c1-8-4-5-16-7-12(8)17-13(18)9-2-3-10(14)11(15)6-9/h2-3,6,8,12,16H,4-5,7H2,1H3,(H,17,18). The van der Waals surface area contributed by atoms with Crippen molar-refractivity contribution in [1.82, 2.24) is 10.6 Å². The van der Waals surface area contributed by atoms with E-state index in [9.17, 15) is 4.79 Å². The summed E-state index contributed by atoms with van der Waals surface area (Å²) in [6, 6.07) is 5.56. The molecule has 0 bridgehead atoms. The van der Waals surface area contributed by atoms with Gasteiger partial charge >= 0.3 is 0 Å². The minimum atomic E-state index is -0.0230. The van der Waals surface area contributed by atoms with Crippen LogP contribution in [0.5, 0.6) is 0 Å². The highest BCUT2D eigenvalue weighted by atomic mass is 127. The van der Waals surface area contributed by atoms with Crippen molar-refractivity contribution in [2.45, 2.75) is 19.4 Å². The fourth-order valence-electron chi connectivity index (χ4n) is 2.07. The molecule has 3 nitrogen and oxygen atoms in total. The van der Waals surface area contributed by atoms with Gasteiger partial charge in [0.15, 0.2) is 0 Å². The first-order valence-corrected chi connectivity index (χ1v) is 7.50. The Bertz CT molecular complexity index is 453. The summed E-state index contributed by atoms with van der Waals surface area (Å²) in [5.41, 5.74) is 0.668. The molecule has 1 aliphatic rings. The van der Waals surface area contributed by atoms with Crippen molar-refractivity contribution in [3.63, 3.8) is 0 Å². The van der Waals surface area contributed by atoms with E-state index in [1.807, 2.05) is 6.07 Å². The molecule has 1 aliphatic heterocycles. The molecule has 1 aromatic carbocycles. The lowest BCUT2D eigenvalue weighted by atomic mass is 9.94. The molecule has 1 aromatic rings. The van der Waals surface area contributed by atoms with Crippen LogP contribution in [-0.4, -0.2) is 25.0 Å². The largest absolute Gasteiger partial charge is 0.348 e. The number of amides is 1. The van der Waals surface area contributed by atoms with Crippen LogP contribution in [0, 0.1) is 9.49 Å². The summed E-state index contributed by atoms with van der Waals surface area (Å²) < 4.78 is 0.900. The third-order valence-electron chi connectivity index (χ3n) is 3.33. The lowest BCUT2D eigenvalue weighted by Gasteiger charge is -2.30. The minimum Gasteiger partial charge on any atom is -0.348 e. The zero-order chi connectivity index (χ0) is 13.1. The van der Waals surface area contributed by atoms with Crippen molar-refractivity contribution in [2.24, 2.45) is 5.92 Å². The van der Waals surface area contributed by atoms with Gasteiger partial charge in [-0.25, -0.2) is 0 Å². The summed E-state index contributed by atoms with van der Waals surface area (Å²) in [5, 5.41) is 7.07. The van der Waals surface area contributed by atoms with Gasteiger partial charge in [-0.3, -0.25) is 4.79 Å². The molecule has 1 heterocycles. The molecule has 0 spiro atoms. The number of rotatable bonds is 2. The second-order valence-electron chi connectivity index (χ2n) is 4.68. The van der Waals surface area contributed by atoms with Crippen LogP contribution in [-0.2, 0) is 0 Å². The Balaban J connectivity index is 2.04. The van der Waals surface area contributed by atoms with Crippen LogP contribution in [0.1, 0.15) is 23.7 Å². The van der Waals surface area contributed by atoms with Gasteiger partial charge in [0.1, 0.15) is 0 Å². The van der Waals surface area contributed by atoms with Crippen LogP contribution < -0.4 is 10.6 Å². The van der Waals surface area contributed by atoms with E-state index >= 15 is 0 Å². The summed E-state index contributed by atoms with van der Waals surface area (Å²) in [6.45, 7) is 4.06. The Kier molecular flexibility index (Phi) is 4.86. The normalized spacial score (nSPS) is 23.7. The van der Waals surface area contributed by atoms with E-state index in [4.69, 9.17) is 11.6 Å². The summed E-state index contributed by atoms with van der Waals surface area (Å²) in [5.74, 6) is 0.492. The van der Waals surface area contributed by atoms with Gasteiger partial charge in [0.05, 0.1) is 5.02 Å². The maximum Gasteiger partial charge on any atom is 0.251 e. The Morgan fingerprint density at radius 1 is 1.56 bits per heavy atom. The van der Waals surface area contributed by atoms with Crippen LogP contribution in [0.2, 0.25) is 5.02 Å². The van der Waals surface area contributed by atoms with E-state index in [2.05, 4.69) is 40.1 Å². The highest BCUT2D eigenvalue weighted by molar-refractivity contribution is 14.1. The number of nitrogens with one attached hydrogen (secondary N) is 2. The van der Waals surface area contributed by atoms with Crippen molar-refractivity contribution in [1.29, 1.82) is 0 Å². The zero-order valence-electron chi connectivity index (χ0n) is 10.2. The van der Waals surface area contributed by atoms with E-state index < -0.39 is 0 Å². The zero-order valence-corrected chi connectivity index (χ0v) is 13.1. The van der Waals surface area contributed by atoms with Gasteiger partial charge < -0.3 is 10.6 Å². The maximum absolute atomic E-state index is 12.1. The lowest BCUT2D eigenvalue weighted by molar-refractivity contribution is 0.0915. The van der Waals surface area contributed by atoms with Crippen LogP contribution in [0.3, 0.4) is 0 Å². The molecule has 18 heavy (non-hydrogen) atoms. The van der Waals surface area contributed by atoms with E-state index in [1.54, 1.807) is 12.1 Å². The van der Waals surface area contributed by atoms with Crippen molar-refractivity contribution in [3.05, 3.63) is 32.4 Å². The number of hydrogen-bond acceptors (Lipinski definition) is 2. The van der Waals surface area contributed by atoms with Gasteiger partial charge in [-0.1, -0.05) is 18.5 Å². The highest BCUT2D eigenvalue weighted by Gasteiger charge is 2.23. The van der Waals surface area contributed by atoms with Gasteiger partial charge in [0, 0.05) is 21.7 Å². The number of hydrogen-bond donors (Lipinski definition) is 2. The number of piperidine rings is 1. The molecule has 5 heteroatoms. The van der Waals surface area contributed by atoms with E-state index in [0.717, 1.165) is 23.1 Å². The SMILES string of the molecule is CC1CCNCC1NC(=O)c1ccc(Cl)c(I)c1. The molecule has 98 valence electrons. The van der Waals surface area contributed by atoms with Gasteiger partial charge in [0.2, 0.25) is 0 Å². The summed E-state index contributed by atoms with van der Waals surface area (Å²) in [7, 11) is 0. The molecule has 0 aliphatic carbocycles.